The predicted molar refractivity (Wildman–Crippen MR) is 121 cm³/mol. The van der Waals surface area contributed by atoms with Gasteiger partial charge in [-0.1, -0.05) is 30.3 Å². The van der Waals surface area contributed by atoms with E-state index in [9.17, 15) is 38.7 Å². The minimum atomic E-state index is -1.68. The zero-order valence-electron chi connectivity index (χ0n) is 19.0. The Kier molecular flexibility index (Phi) is 11.5. The monoisotopic (exact) mass is 508 g/mol. The molecule has 11 N–H and O–H groups in total. The average molecular weight is 508 g/mol. The molecule has 0 aromatic heterocycles. The first-order valence-electron chi connectivity index (χ1n) is 10.5. The van der Waals surface area contributed by atoms with Gasteiger partial charge in [0.2, 0.25) is 29.5 Å². The molecule has 5 amide bonds. The summed E-state index contributed by atoms with van der Waals surface area (Å²) in [6.45, 7) is 0. The maximum Gasteiger partial charge on any atom is 0.326 e. The normalized spacial score (nSPS) is 13.8. The van der Waals surface area contributed by atoms with Crippen LogP contribution in [0.15, 0.2) is 30.3 Å². The molecular formula is C21H28N6O9. The van der Waals surface area contributed by atoms with Crippen LogP contribution in [0.25, 0.3) is 0 Å². The van der Waals surface area contributed by atoms with Crippen molar-refractivity contribution in [3.8, 4) is 0 Å². The third-order valence-corrected chi connectivity index (χ3v) is 4.71. The van der Waals surface area contributed by atoms with E-state index >= 15 is 0 Å². The number of hydrogen-bond acceptors (Lipinski definition) is 8. The highest BCUT2D eigenvalue weighted by Crippen LogP contribution is 2.06. The molecule has 15 heteroatoms. The fraction of sp³-hybridized carbons (Fsp3) is 0.381. The summed E-state index contributed by atoms with van der Waals surface area (Å²) in [5.74, 6) is -8.02. The van der Waals surface area contributed by atoms with Gasteiger partial charge in [-0.25, -0.2) is 4.79 Å². The molecule has 0 radical (unpaired) electrons. The summed E-state index contributed by atoms with van der Waals surface area (Å²) >= 11 is 0. The van der Waals surface area contributed by atoms with E-state index in [4.69, 9.17) is 22.3 Å². The van der Waals surface area contributed by atoms with Crippen molar-refractivity contribution >= 4 is 41.5 Å². The molecule has 4 unspecified atom stereocenters. The van der Waals surface area contributed by atoms with E-state index < -0.39 is 84.9 Å². The lowest BCUT2D eigenvalue weighted by Gasteiger charge is -2.24. The van der Waals surface area contributed by atoms with E-state index in [-0.39, 0.29) is 6.42 Å². The number of carbonyl (C=O) groups is 7. The van der Waals surface area contributed by atoms with Crippen molar-refractivity contribution in [2.24, 2.45) is 17.2 Å². The standard InChI is InChI=1S/C21H28N6O9/c22-11(7-17(30)31)18(32)25-13(8-15(23)28)20(34)26-12(6-10-4-2-1-3-5-10)19(33)27-14(21(35)36)9-16(24)29/h1-5,11-14H,6-9,22H2,(H2,23,28)(H2,24,29)(H,25,32)(H,26,34)(H,27,33)(H,30,31)(H,35,36). The van der Waals surface area contributed by atoms with Gasteiger partial charge in [0.1, 0.15) is 18.1 Å². The maximum absolute atomic E-state index is 12.9. The number of hydrogen-bond donors (Lipinski definition) is 8. The molecule has 0 fully saturated rings. The van der Waals surface area contributed by atoms with E-state index in [0.717, 1.165) is 0 Å². The molecule has 15 nitrogen and oxygen atoms in total. The number of amides is 5. The molecule has 0 aliphatic heterocycles. The average Bonchev–Trinajstić information content (AvgIpc) is 2.77. The second-order valence-electron chi connectivity index (χ2n) is 7.76. The summed E-state index contributed by atoms with van der Waals surface area (Å²) in [5.41, 5.74) is 16.2. The fourth-order valence-corrected chi connectivity index (χ4v) is 2.98. The summed E-state index contributed by atoms with van der Waals surface area (Å²) in [5, 5.41) is 24.6. The molecule has 0 bridgehead atoms. The van der Waals surface area contributed by atoms with Gasteiger partial charge in [0, 0.05) is 6.42 Å². The third kappa shape index (κ3) is 10.6. The molecule has 0 aliphatic carbocycles. The topological polar surface area (TPSA) is 274 Å². The second-order valence-corrected chi connectivity index (χ2v) is 7.76. The van der Waals surface area contributed by atoms with Crippen LogP contribution in [-0.2, 0) is 40.0 Å². The minimum absolute atomic E-state index is 0.142. The summed E-state index contributed by atoms with van der Waals surface area (Å²) in [6.07, 6.45) is -2.32. The van der Waals surface area contributed by atoms with Gasteiger partial charge in [-0.15, -0.1) is 0 Å². The van der Waals surface area contributed by atoms with E-state index in [2.05, 4.69) is 16.0 Å². The summed E-state index contributed by atoms with van der Waals surface area (Å²) < 4.78 is 0. The zero-order valence-corrected chi connectivity index (χ0v) is 19.0. The summed E-state index contributed by atoms with van der Waals surface area (Å²) in [6, 6.07) is 1.98. The van der Waals surface area contributed by atoms with Gasteiger partial charge in [0.15, 0.2) is 0 Å². The number of carboxylic acid groups (broad SMARTS) is 2. The van der Waals surface area contributed by atoms with Crippen molar-refractivity contribution in [2.45, 2.75) is 49.9 Å². The molecule has 196 valence electrons. The lowest BCUT2D eigenvalue weighted by Crippen LogP contribution is -2.58. The van der Waals surface area contributed by atoms with Crippen LogP contribution < -0.4 is 33.2 Å². The highest BCUT2D eigenvalue weighted by atomic mass is 16.4. The van der Waals surface area contributed by atoms with Gasteiger partial charge >= 0.3 is 11.9 Å². The van der Waals surface area contributed by atoms with Gasteiger partial charge in [-0.2, -0.15) is 0 Å². The smallest absolute Gasteiger partial charge is 0.326 e. The Morgan fingerprint density at radius 1 is 0.694 bits per heavy atom. The van der Waals surface area contributed by atoms with Gasteiger partial charge in [-0.05, 0) is 5.56 Å². The lowest BCUT2D eigenvalue weighted by atomic mass is 10.0. The predicted octanol–water partition coefficient (Wildman–Crippen LogP) is -3.68. The Balaban J connectivity index is 3.14. The van der Waals surface area contributed by atoms with E-state index in [1.165, 1.54) is 0 Å². The van der Waals surface area contributed by atoms with Crippen molar-refractivity contribution in [2.75, 3.05) is 0 Å². The molecule has 1 rings (SSSR count). The van der Waals surface area contributed by atoms with Crippen LogP contribution in [-0.4, -0.2) is 75.9 Å². The maximum atomic E-state index is 12.9. The Bertz CT molecular complexity index is 1000. The Morgan fingerprint density at radius 2 is 1.17 bits per heavy atom. The minimum Gasteiger partial charge on any atom is -0.481 e. The molecule has 36 heavy (non-hydrogen) atoms. The fourth-order valence-electron chi connectivity index (χ4n) is 2.98. The molecule has 0 saturated heterocycles. The SMILES string of the molecule is NC(=O)CC(NC(=O)C(Cc1ccccc1)NC(=O)C(CC(N)=O)NC(=O)C(N)CC(=O)O)C(=O)O. The Morgan fingerprint density at radius 3 is 1.67 bits per heavy atom. The number of carbonyl (C=O) groups excluding carboxylic acids is 5. The van der Waals surface area contributed by atoms with E-state index in [1.54, 1.807) is 30.3 Å². The molecule has 1 aromatic rings. The largest absolute Gasteiger partial charge is 0.481 e. The number of benzene rings is 1. The summed E-state index contributed by atoms with van der Waals surface area (Å²) in [4.78, 5) is 82.8. The number of carboxylic acids is 2. The highest BCUT2D eigenvalue weighted by molar-refractivity contribution is 5.97. The second kappa shape index (κ2) is 14.0. The van der Waals surface area contributed by atoms with Crippen LogP contribution in [0.1, 0.15) is 24.8 Å². The number of nitrogens with one attached hydrogen (secondary N) is 3. The van der Waals surface area contributed by atoms with Crippen LogP contribution in [0.5, 0.6) is 0 Å². The molecule has 1 aromatic carbocycles. The van der Waals surface area contributed by atoms with Gasteiger partial charge in [0.05, 0.1) is 25.3 Å². The lowest BCUT2D eigenvalue weighted by molar-refractivity contribution is -0.143. The first-order chi connectivity index (χ1) is 16.8. The molecule has 0 saturated carbocycles. The van der Waals surface area contributed by atoms with Crippen LogP contribution in [0, 0.1) is 0 Å². The van der Waals surface area contributed by atoms with Crippen molar-refractivity contribution in [1.29, 1.82) is 0 Å². The number of nitrogens with two attached hydrogens (primary N) is 3. The van der Waals surface area contributed by atoms with Crippen LogP contribution in [0.2, 0.25) is 0 Å². The molecule has 4 atom stereocenters. The first kappa shape index (κ1) is 29.5. The molecular weight excluding hydrogens is 480 g/mol. The molecule has 0 heterocycles. The van der Waals surface area contributed by atoms with Gasteiger partial charge in [0.25, 0.3) is 0 Å². The van der Waals surface area contributed by atoms with Crippen LogP contribution in [0.3, 0.4) is 0 Å². The third-order valence-electron chi connectivity index (χ3n) is 4.71. The zero-order chi connectivity index (χ0) is 27.4. The Labute approximate surface area is 204 Å². The van der Waals surface area contributed by atoms with Gasteiger partial charge < -0.3 is 43.4 Å². The van der Waals surface area contributed by atoms with Gasteiger partial charge in [-0.3, -0.25) is 28.8 Å². The first-order valence-corrected chi connectivity index (χ1v) is 10.5. The van der Waals surface area contributed by atoms with E-state index in [1.807, 2.05) is 0 Å². The van der Waals surface area contributed by atoms with Crippen molar-refractivity contribution in [1.82, 2.24) is 16.0 Å². The van der Waals surface area contributed by atoms with Crippen LogP contribution in [0.4, 0.5) is 0 Å². The van der Waals surface area contributed by atoms with Crippen molar-refractivity contribution < 1.29 is 43.8 Å². The quantitative estimate of drug-likeness (QED) is 0.115. The molecule has 0 aliphatic rings. The van der Waals surface area contributed by atoms with E-state index in [0.29, 0.717) is 5.56 Å². The van der Waals surface area contributed by atoms with Crippen molar-refractivity contribution in [3.63, 3.8) is 0 Å². The number of primary amides is 2. The number of aliphatic carboxylic acids is 2. The van der Waals surface area contributed by atoms with Crippen LogP contribution >= 0.6 is 0 Å². The summed E-state index contributed by atoms with van der Waals surface area (Å²) in [7, 11) is 0. The molecule has 0 spiro atoms. The van der Waals surface area contributed by atoms with Crippen molar-refractivity contribution in [3.05, 3.63) is 35.9 Å². The number of rotatable bonds is 15. The highest BCUT2D eigenvalue weighted by Gasteiger charge is 2.32. The Hall–Kier alpha value is -4.53.